The number of nitrogens with zero attached hydrogens (tertiary/aromatic N) is 1. The summed E-state index contributed by atoms with van der Waals surface area (Å²) >= 11 is 0. The van der Waals surface area contributed by atoms with Crippen molar-refractivity contribution in [3.05, 3.63) is 11.8 Å². The monoisotopic (exact) mass is 416 g/mol. The summed E-state index contributed by atoms with van der Waals surface area (Å²) in [6, 6.07) is 1.52. The van der Waals surface area contributed by atoms with Gasteiger partial charge in [0.1, 0.15) is 12.2 Å². The van der Waals surface area contributed by atoms with Gasteiger partial charge < -0.3 is 20.1 Å². The lowest BCUT2D eigenvalue weighted by molar-refractivity contribution is -0.186. The SMILES string of the molecule is CC1(NC(=O)O[C@@H]2CO[C@H](c3cc(NC(=O)[C@@H]4C[C@@]4(C)C(F)(F)F)n[nH]3)C2)CC1. The maximum atomic E-state index is 12.9. The Morgan fingerprint density at radius 3 is 2.69 bits per heavy atom. The van der Waals surface area contributed by atoms with Crippen LogP contribution in [0.5, 0.6) is 0 Å². The summed E-state index contributed by atoms with van der Waals surface area (Å²) in [5.74, 6) is -1.69. The highest BCUT2D eigenvalue weighted by Crippen LogP contribution is 2.62. The van der Waals surface area contributed by atoms with Gasteiger partial charge in [-0.1, -0.05) is 6.92 Å². The van der Waals surface area contributed by atoms with Crippen molar-refractivity contribution in [2.75, 3.05) is 11.9 Å². The molecule has 4 rings (SSSR count). The lowest BCUT2D eigenvalue weighted by Crippen LogP contribution is -2.37. The van der Waals surface area contributed by atoms with Crippen LogP contribution in [0, 0.1) is 11.3 Å². The van der Waals surface area contributed by atoms with Gasteiger partial charge in [-0.15, -0.1) is 0 Å². The number of halogens is 3. The maximum absolute atomic E-state index is 12.9. The van der Waals surface area contributed by atoms with Crippen LogP contribution in [-0.2, 0) is 14.3 Å². The number of anilines is 1. The van der Waals surface area contributed by atoms with Gasteiger partial charge in [0.15, 0.2) is 5.82 Å². The Balaban J connectivity index is 1.27. The minimum atomic E-state index is -4.42. The Kier molecular flexibility index (Phi) is 4.56. The molecule has 0 bridgehead atoms. The highest BCUT2D eigenvalue weighted by Gasteiger charge is 2.69. The maximum Gasteiger partial charge on any atom is 0.407 e. The lowest BCUT2D eigenvalue weighted by atomic mass is 10.1. The first-order valence-corrected chi connectivity index (χ1v) is 9.52. The second-order valence-electron chi connectivity index (χ2n) is 8.64. The fourth-order valence-electron chi connectivity index (χ4n) is 3.48. The van der Waals surface area contributed by atoms with Gasteiger partial charge in [-0.25, -0.2) is 4.79 Å². The number of aromatic amines is 1. The van der Waals surface area contributed by atoms with Gasteiger partial charge in [0.05, 0.1) is 23.6 Å². The number of hydrogen-bond acceptors (Lipinski definition) is 5. The minimum Gasteiger partial charge on any atom is -0.444 e. The number of ether oxygens (including phenoxy) is 2. The van der Waals surface area contributed by atoms with Crippen molar-refractivity contribution in [1.29, 1.82) is 0 Å². The lowest BCUT2D eigenvalue weighted by Gasteiger charge is -2.15. The Morgan fingerprint density at radius 2 is 2.07 bits per heavy atom. The zero-order valence-electron chi connectivity index (χ0n) is 16.1. The fraction of sp³-hybridized carbons (Fsp3) is 0.722. The number of alkyl carbamates (subject to hydrolysis) is 1. The second kappa shape index (κ2) is 6.61. The van der Waals surface area contributed by atoms with Crippen LogP contribution in [-0.4, -0.2) is 46.6 Å². The normalized spacial score (nSPS) is 32.5. The Bertz CT molecular complexity index is 822. The van der Waals surface area contributed by atoms with Crippen molar-refractivity contribution in [2.45, 2.75) is 63.5 Å². The molecule has 8 nitrogen and oxygen atoms in total. The first-order valence-electron chi connectivity index (χ1n) is 9.52. The first kappa shape index (κ1) is 20.0. The van der Waals surface area contributed by atoms with Crippen LogP contribution in [0.4, 0.5) is 23.8 Å². The second-order valence-corrected chi connectivity index (χ2v) is 8.64. The summed E-state index contributed by atoms with van der Waals surface area (Å²) in [4.78, 5) is 24.0. The van der Waals surface area contributed by atoms with Crippen molar-refractivity contribution < 1.29 is 32.2 Å². The fourth-order valence-corrected chi connectivity index (χ4v) is 3.48. The smallest absolute Gasteiger partial charge is 0.407 e. The van der Waals surface area contributed by atoms with E-state index in [2.05, 4.69) is 20.8 Å². The van der Waals surface area contributed by atoms with E-state index in [-0.39, 0.29) is 24.4 Å². The van der Waals surface area contributed by atoms with E-state index in [0.29, 0.717) is 12.1 Å². The molecule has 0 radical (unpaired) electrons. The molecule has 1 aliphatic heterocycles. The predicted molar refractivity (Wildman–Crippen MR) is 93.8 cm³/mol. The van der Waals surface area contributed by atoms with Crippen LogP contribution in [0.15, 0.2) is 6.07 Å². The third kappa shape index (κ3) is 4.05. The molecule has 1 saturated heterocycles. The van der Waals surface area contributed by atoms with Crippen LogP contribution >= 0.6 is 0 Å². The average Bonchev–Trinajstić information content (AvgIpc) is 3.35. The molecule has 4 atom stereocenters. The Hall–Kier alpha value is -2.30. The van der Waals surface area contributed by atoms with Crippen molar-refractivity contribution in [2.24, 2.45) is 11.3 Å². The molecule has 0 unspecified atom stereocenters. The zero-order valence-corrected chi connectivity index (χ0v) is 16.1. The number of aromatic nitrogens is 2. The molecule has 3 fully saturated rings. The van der Waals surface area contributed by atoms with Gasteiger partial charge in [-0.3, -0.25) is 9.89 Å². The number of hydrogen-bond donors (Lipinski definition) is 3. The highest BCUT2D eigenvalue weighted by atomic mass is 19.4. The van der Waals surface area contributed by atoms with Crippen molar-refractivity contribution in [3.8, 4) is 0 Å². The van der Waals surface area contributed by atoms with Crippen molar-refractivity contribution in [1.82, 2.24) is 15.5 Å². The van der Waals surface area contributed by atoms with Crippen LogP contribution in [0.1, 0.15) is 51.3 Å². The third-order valence-electron chi connectivity index (χ3n) is 6.03. The molecule has 3 aliphatic rings. The standard InChI is InChI=1S/C18H23F3N4O4/c1-16(3-4-16)23-15(27)29-9-5-12(28-8-9)11-6-13(25-24-11)22-14(26)10-7-17(10,2)18(19,20)21/h6,9-10,12H,3-5,7-8H2,1-2H3,(H,23,27)(H2,22,24,25,26)/t9-,10-,12-,17+/m0/s1. The molecule has 3 N–H and O–H groups in total. The molecule has 2 aliphatic carbocycles. The molecule has 0 spiro atoms. The van der Waals surface area contributed by atoms with E-state index in [1.165, 1.54) is 6.07 Å². The minimum absolute atomic E-state index is 0.133. The van der Waals surface area contributed by atoms with E-state index in [0.717, 1.165) is 19.8 Å². The molecule has 160 valence electrons. The predicted octanol–water partition coefficient (Wildman–Crippen LogP) is 3.05. The van der Waals surface area contributed by atoms with Gasteiger partial charge in [0.25, 0.3) is 0 Å². The number of amides is 2. The molecule has 1 aromatic rings. The van der Waals surface area contributed by atoms with E-state index in [1.54, 1.807) is 0 Å². The molecular formula is C18H23F3N4O4. The van der Waals surface area contributed by atoms with Gasteiger partial charge in [0, 0.05) is 18.0 Å². The van der Waals surface area contributed by atoms with Gasteiger partial charge in [0.2, 0.25) is 5.91 Å². The Labute approximate surface area is 164 Å². The molecule has 2 saturated carbocycles. The van der Waals surface area contributed by atoms with Crippen molar-refractivity contribution >= 4 is 17.8 Å². The van der Waals surface area contributed by atoms with Crippen molar-refractivity contribution in [3.63, 3.8) is 0 Å². The van der Waals surface area contributed by atoms with Crippen LogP contribution in [0.3, 0.4) is 0 Å². The topological polar surface area (TPSA) is 105 Å². The first-order chi connectivity index (χ1) is 13.5. The van der Waals surface area contributed by atoms with E-state index >= 15 is 0 Å². The van der Waals surface area contributed by atoms with Crippen LogP contribution in [0.25, 0.3) is 0 Å². The molecular weight excluding hydrogens is 393 g/mol. The number of rotatable bonds is 5. The molecule has 29 heavy (non-hydrogen) atoms. The molecule has 11 heteroatoms. The molecule has 1 aromatic heterocycles. The largest absolute Gasteiger partial charge is 0.444 e. The third-order valence-corrected chi connectivity index (χ3v) is 6.03. The summed E-state index contributed by atoms with van der Waals surface area (Å²) in [7, 11) is 0. The zero-order chi connectivity index (χ0) is 21.0. The van der Waals surface area contributed by atoms with E-state index in [4.69, 9.17) is 9.47 Å². The summed E-state index contributed by atoms with van der Waals surface area (Å²) in [6.07, 6.45) is -3.68. The number of carbonyl (C=O) groups is 2. The number of H-pyrrole nitrogens is 1. The number of nitrogens with one attached hydrogen (secondary N) is 3. The average molecular weight is 416 g/mol. The molecule has 0 aromatic carbocycles. The summed E-state index contributed by atoms with van der Waals surface area (Å²) < 4.78 is 49.8. The number of alkyl halides is 3. The summed E-state index contributed by atoms with van der Waals surface area (Å²) in [5, 5.41) is 11.9. The van der Waals surface area contributed by atoms with Gasteiger partial charge in [-0.05, 0) is 26.2 Å². The van der Waals surface area contributed by atoms with Gasteiger partial charge in [-0.2, -0.15) is 18.3 Å². The van der Waals surface area contributed by atoms with E-state index < -0.39 is 41.7 Å². The van der Waals surface area contributed by atoms with Crippen LogP contribution in [0.2, 0.25) is 0 Å². The number of carbonyl (C=O) groups excluding carboxylic acids is 2. The highest BCUT2D eigenvalue weighted by molar-refractivity contribution is 5.94. The van der Waals surface area contributed by atoms with E-state index in [1.807, 2.05) is 6.92 Å². The molecule has 2 heterocycles. The van der Waals surface area contributed by atoms with Gasteiger partial charge >= 0.3 is 12.3 Å². The Morgan fingerprint density at radius 1 is 1.34 bits per heavy atom. The summed E-state index contributed by atoms with van der Waals surface area (Å²) in [5.41, 5.74) is -1.60. The quantitative estimate of drug-likeness (QED) is 0.684. The van der Waals surface area contributed by atoms with Crippen LogP contribution < -0.4 is 10.6 Å². The summed E-state index contributed by atoms with van der Waals surface area (Å²) in [6.45, 7) is 3.21. The molecule has 2 amide bonds. The van der Waals surface area contributed by atoms with E-state index in [9.17, 15) is 22.8 Å².